The average Bonchev–Trinajstić information content (AvgIpc) is 2.86. The largest absolute Gasteiger partial charge is 0.481 e. The normalized spacial score (nSPS) is 16.4. The molecule has 0 bridgehead atoms. The molecule has 2 N–H and O–H groups in total. The van der Waals surface area contributed by atoms with Crippen LogP contribution < -0.4 is 5.32 Å². The molecule has 1 unspecified atom stereocenters. The van der Waals surface area contributed by atoms with E-state index in [-0.39, 0.29) is 5.97 Å². The zero-order valence-corrected chi connectivity index (χ0v) is 22.9. The van der Waals surface area contributed by atoms with Crippen LogP contribution in [0.3, 0.4) is 0 Å². The fourth-order valence-corrected chi connectivity index (χ4v) is 5.20. The highest BCUT2D eigenvalue weighted by molar-refractivity contribution is 5.69. The van der Waals surface area contributed by atoms with Crippen LogP contribution in [0.25, 0.3) is 0 Å². The molecule has 1 aliphatic heterocycles. The van der Waals surface area contributed by atoms with E-state index in [0.717, 1.165) is 44.8 Å². The molecule has 206 valence electrons. The van der Waals surface area contributed by atoms with Gasteiger partial charge in [0.05, 0.1) is 7.11 Å². The van der Waals surface area contributed by atoms with Crippen molar-refractivity contribution >= 4 is 11.9 Å². The van der Waals surface area contributed by atoms with Gasteiger partial charge in [-0.25, -0.2) is 0 Å². The van der Waals surface area contributed by atoms with Gasteiger partial charge in [-0.3, -0.25) is 14.5 Å². The van der Waals surface area contributed by atoms with E-state index >= 15 is 0 Å². The third-order valence-electron chi connectivity index (χ3n) is 7.45. The second-order valence-corrected chi connectivity index (χ2v) is 10.5. The van der Waals surface area contributed by atoms with Crippen LogP contribution in [-0.2, 0) is 14.3 Å². The maximum atomic E-state index is 11.1. The molecular formula is C29H56N2O4. The smallest absolute Gasteiger partial charge is 0.305 e. The first kappa shape index (κ1) is 31.9. The number of hydrogen-bond acceptors (Lipinski definition) is 5. The van der Waals surface area contributed by atoms with Crippen molar-refractivity contribution in [3.63, 3.8) is 0 Å². The van der Waals surface area contributed by atoms with Crippen molar-refractivity contribution < 1.29 is 19.4 Å². The van der Waals surface area contributed by atoms with Crippen LogP contribution in [0.2, 0.25) is 0 Å². The first-order chi connectivity index (χ1) is 17.1. The number of hydrogen-bond donors (Lipinski definition) is 2. The number of esters is 1. The number of rotatable bonds is 24. The Morgan fingerprint density at radius 2 is 1.23 bits per heavy atom. The number of aliphatic carboxylic acids is 1. The molecule has 1 fully saturated rings. The molecule has 0 radical (unpaired) electrons. The summed E-state index contributed by atoms with van der Waals surface area (Å²) in [7, 11) is 1.47. The summed E-state index contributed by atoms with van der Waals surface area (Å²) >= 11 is 0. The van der Waals surface area contributed by atoms with Gasteiger partial charge in [-0.1, -0.05) is 96.3 Å². The summed E-state index contributed by atoms with van der Waals surface area (Å²) in [4.78, 5) is 24.3. The molecule has 6 heteroatoms. The Bertz CT molecular complexity index is 515. The van der Waals surface area contributed by atoms with Crippen molar-refractivity contribution in [1.82, 2.24) is 10.2 Å². The number of carboxylic acid groups (broad SMARTS) is 1. The number of nitrogens with zero attached hydrogens (tertiary/aromatic N) is 1. The molecule has 6 nitrogen and oxygen atoms in total. The summed E-state index contributed by atoms with van der Waals surface area (Å²) < 4.78 is 4.68. The lowest BCUT2D eigenvalue weighted by Crippen LogP contribution is -2.51. The molecule has 0 spiro atoms. The number of carbonyl (C=O) groups excluding carboxylic acids is 1. The van der Waals surface area contributed by atoms with E-state index in [9.17, 15) is 9.59 Å². The fraction of sp³-hybridized carbons (Fsp3) is 0.931. The first-order valence-electron chi connectivity index (χ1n) is 14.9. The van der Waals surface area contributed by atoms with Crippen molar-refractivity contribution in [3.05, 3.63) is 0 Å². The van der Waals surface area contributed by atoms with Crippen molar-refractivity contribution in [1.29, 1.82) is 0 Å². The minimum Gasteiger partial charge on any atom is -0.481 e. The molecule has 0 aliphatic carbocycles. The quantitative estimate of drug-likeness (QED) is 0.114. The molecule has 35 heavy (non-hydrogen) atoms. The van der Waals surface area contributed by atoms with Gasteiger partial charge in [0, 0.05) is 38.5 Å². The summed E-state index contributed by atoms with van der Waals surface area (Å²) in [5, 5.41) is 12.3. The summed E-state index contributed by atoms with van der Waals surface area (Å²) in [6.45, 7) is 4.77. The Labute approximate surface area is 215 Å². The SMILES string of the molecule is COC(=O)CCCCCCCCCCCN1CCNCC1CCCCCCCCCCCC(=O)O. The van der Waals surface area contributed by atoms with Gasteiger partial charge in [-0.2, -0.15) is 0 Å². The molecule has 0 saturated carbocycles. The fourth-order valence-electron chi connectivity index (χ4n) is 5.20. The predicted molar refractivity (Wildman–Crippen MR) is 145 cm³/mol. The molecule has 1 rings (SSSR count). The number of methoxy groups -OCH3 is 1. The molecule has 1 heterocycles. The predicted octanol–water partition coefficient (Wildman–Crippen LogP) is 6.71. The third-order valence-corrected chi connectivity index (χ3v) is 7.45. The molecule has 1 aliphatic rings. The highest BCUT2D eigenvalue weighted by Crippen LogP contribution is 2.17. The Hall–Kier alpha value is -1.14. The lowest BCUT2D eigenvalue weighted by molar-refractivity contribution is -0.141. The van der Waals surface area contributed by atoms with Gasteiger partial charge in [0.2, 0.25) is 0 Å². The van der Waals surface area contributed by atoms with Crippen molar-refractivity contribution in [2.45, 2.75) is 141 Å². The Morgan fingerprint density at radius 1 is 0.743 bits per heavy atom. The van der Waals surface area contributed by atoms with Gasteiger partial charge in [-0.15, -0.1) is 0 Å². The van der Waals surface area contributed by atoms with Gasteiger partial charge in [-0.05, 0) is 32.2 Å². The van der Waals surface area contributed by atoms with Gasteiger partial charge >= 0.3 is 11.9 Å². The lowest BCUT2D eigenvalue weighted by Gasteiger charge is -2.36. The van der Waals surface area contributed by atoms with Crippen LogP contribution >= 0.6 is 0 Å². The number of ether oxygens (including phenoxy) is 1. The average molecular weight is 497 g/mol. The van der Waals surface area contributed by atoms with Gasteiger partial charge in [0.25, 0.3) is 0 Å². The number of piperazine rings is 1. The maximum absolute atomic E-state index is 11.1. The lowest BCUT2D eigenvalue weighted by atomic mass is 10.0. The van der Waals surface area contributed by atoms with E-state index in [1.807, 2.05) is 0 Å². The van der Waals surface area contributed by atoms with E-state index in [4.69, 9.17) is 5.11 Å². The van der Waals surface area contributed by atoms with Crippen LogP contribution in [-0.4, -0.2) is 61.3 Å². The maximum Gasteiger partial charge on any atom is 0.305 e. The molecular weight excluding hydrogens is 440 g/mol. The Kier molecular flexibility index (Phi) is 21.2. The number of unbranched alkanes of at least 4 members (excludes halogenated alkanes) is 16. The van der Waals surface area contributed by atoms with Crippen LogP contribution in [0, 0.1) is 0 Å². The minimum absolute atomic E-state index is 0.0774. The molecule has 1 saturated heterocycles. The van der Waals surface area contributed by atoms with Gasteiger partial charge in [0.15, 0.2) is 0 Å². The standard InChI is InChI=1S/C29H56N2O4/c1-35-29(34)22-18-14-10-6-3-7-11-15-19-24-31-25-23-30-26-27(31)20-16-12-8-4-2-5-9-13-17-21-28(32)33/h27,30H,2-26H2,1H3,(H,32,33). The monoisotopic (exact) mass is 496 g/mol. The molecule has 0 amide bonds. The topological polar surface area (TPSA) is 78.9 Å². The van der Waals surface area contributed by atoms with E-state index in [0.29, 0.717) is 12.8 Å². The summed E-state index contributed by atoms with van der Waals surface area (Å²) in [6, 6.07) is 0.725. The van der Waals surface area contributed by atoms with Gasteiger partial charge < -0.3 is 15.2 Å². The number of carboxylic acids is 1. The summed E-state index contributed by atoms with van der Waals surface area (Å²) in [5.41, 5.74) is 0. The molecule has 1 atom stereocenters. The van der Waals surface area contributed by atoms with E-state index in [1.54, 1.807) is 0 Å². The van der Waals surface area contributed by atoms with E-state index < -0.39 is 5.97 Å². The zero-order chi connectivity index (χ0) is 25.4. The van der Waals surface area contributed by atoms with E-state index in [1.165, 1.54) is 117 Å². The van der Waals surface area contributed by atoms with E-state index in [2.05, 4.69) is 15.0 Å². The zero-order valence-electron chi connectivity index (χ0n) is 22.9. The van der Waals surface area contributed by atoms with Crippen molar-refractivity contribution in [2.24, 2.45) is 0 Å². The third kappa shape index (κ3) is 19.7. The highest BCUT2D eigenvalue weighted by Gasteiger charge is 2.20. The minimum atomic E-state index is -0.662. The van der Waals surface area contributed by atoms with Crippen LogP contribution in [0.5, 0.6) is 0 Å². The van der Waals surface area contributed by atoms with Crippen molar-refractivity contribution in [3.8, 4) is 0 Å². The summed E-state index contributed by atoms with van der Waals surface area (Å²) in [5.74, 6) is -0.740. The second kappa shape index (κ2) is 23.3. The van der Waals surface area contributed by atoms with Gasteiger partial charge in [0.1, 0.15) is 0 Å². The number of carbonyl (C=O) groups is 2. The molecule has 0 aromatic rings. The molecule has 0 aromatic heterocycles. The van der Waals surface area contributed by atoms with Crippen LogP contribution in [0.4, 0.5) is 0 Å². The Balaban J connectivity index is 1.92. The van der Waals surface area contributed by atoms with Crippen LogP contribution in [0.15, 0.2) is 0 Å². The first-order valence-corrected chi connectivity index (χ1v) is 14.9. The van der Waals surface area contributed by atoms with Crippen molar-refractivity contribution in [2.75, 3.05) is 33.3 Å². The van der Waals surface area contributed by atoms with Crippen LogP contribution in [0.1, 0.15) is 135 Å². The number of nitrogens with one attached hydrogen (secondary N) is 1. The Morgan fingerprint density at radius 3 is 1.77 bits per heavy atom. The highest BCUT2D eigenvalue weighted by atomic mass is 16.5. The molecule has 0 aromatic carbocycles. The second-order valence-electron chi connectivity index (χ2n) is 10.5. The summed E-state index contributed by atoms with van der Waals surface area (Å²) in [6.07, 6.45) is 24.7.